The van der Waals surface area contributed by atoms with Crippen molar-refractivity contribution in [3.05, 3.63) is 34.9 Å². The predicted molar refractivity (Wildman–Crippen MR) is 63.9 cm³/mol. The minimum absolute atomic E-state index is 0.612. The number of aliphatic hydroxyl groups is 1. The molecule has 1 aromatic rings. The predicted octanol–water partition coefficient (Wildman–Crippen LogP) is 2.16. The second kappa shape index (κ2) is 4.77. The van der Waals surface area contributed by atoms with E-state index in [0.717, 1.165) is 6.54 Å². The third-order valence-electron chi connectivity index (χ3n) is 2.50. The fraction of sp³-hybridized carbons (Fsp3) is 0.538. The van der Waals surface area contributed by atoms with Crippen LogP contribution in [0.4, 0.5) is 0 Å². The molecule has 0 bridgehead atoms. The SMILES string of the molecule is Cc1cccc(C)c1CNCC(C)(C)O. The topological polar surface area (TPSA) is 32.3 Å². The molecule has 0 fully saturated rings. The molecule has 2 N–H and O–H groups in total. The first kappa shape index (κ1) is 12.2. The van der Waals surface area contributed by atoms with Gasteiger partial charge in [0.15, 0.2) is 0 Å². The van der Waals surface area contributed by atoms with Crippen LogP contribution < -0.4 is 5.32 Å². The van der Waals surface area contributed by atoms with Gasteiger partial charge in [0.25, 0.3) is 0 Å². The number of nitrogens with one attached hydrogen (secondary N) is 1. The van der Waals surface area contributed by atoms with Crippen LogP contribution in [0.3, 0.4) is 0 Å². The molecule has 2 nitrogen and oxygen atoms in total. The van der Waals surface area contributed by atoms with E-state index in [1.807, 2.05) is 13.8 Å². The first-order valence-electron chi connectivity index (χ1n) is 5.38. The van der Waals surface area contributed by atoms with Crippen LogP contribution in [0.5, 0.6) is 0 Å². The van der Waals surface area contributed by atoms with Crippen LogP contribution in [0.2, 0.25) is 0 Å². The Bertz CT molecular complexity index is 306. The molecule has 0 radical (unpaired) electrons. The van der Waals surface area contributed by atoms with Crippen LogP contribution >= 0.6 is 0 Å². The molecule has 0 saturated carbocycles. The van der Waals surface area contributed by atoms with Gasteiger partial charge in [-0.2, -0.15) is 0 Å². The molecule has 2 heteroatoms. The molecule has 1 aromatic carbocycles. The number of hydrogen-bond acceptors (Lipinski definition) is 2. The summed E-state index contributed by atoms with van der Waals surface area (Å²) >= 11 is 0. The van der Waals surface area contributed by atoms with Gasteiger partial charge in [-0.05, 0) is 44.4 Å². The summed E-state index contributed by atoms with van der Waals surface area (Å²) in [6, 6.07) is 6.31. The van der Waals surface area contributed by atoms with Crippen LogP contribution in [-0.4, -0.2) is 17.3 Å². The van der Waals surface area contributed by atoms with Gasteiger partial charge in [0, 0.05) is 13.1 Å². The summed E-state index contributed by atoms with van der Waals surface area (Å²) in [6.45, 7) is 9.29. The van der Waals surface area contributed by atoms with Gasteiger partial charge in [0.05, 0.1) is 5.60 Å². The summed E-state index contributed by atoms with van der Waals surface area (Å²) in [4.78, 5) is 0. The summed E-state index contributed by atoms with van der Waals surface area (Å²) in [5.74, 6) is 0. The van der Waals surface area contributed by atoms with Crippen molar-refractivity contribution in [2.24, 2.45) is 0 Å². The number of rotatable bonds is 4. The van der Waals surface area contributed by atoms with E-state index in [9.17, 15) is 5.11 Å². The minimum Gasteiger partial charge on any atom is -0.389 e. The summed E-state index contributed by atoms with van der Waals surface area (Å²) in [5, 5.41) is 12.8. The maximum atomic E-state index is 9.57. The molecule has 0 amide bonds. The Labute approximate surface area is 92.3 Å². The van der Waals surface area contributed by atoms with E-state index in [-0.39, 0.29) is 0 Å². The minimum atomic E-state index is -0.642. The Morgan fingerprint density at radius 1 is 1.20 bits per heavy atom. The third-order valence-corrected chi connectivity index (χ3v) is 2.50. The first-order valence-corrected chi connectivity index (χ1v) is 5.38. The maximum Gasteiger partial charge on any atom is 0.0715 e. The zero-order valence-electron chi connectivity index (χ0n) is 10.1. The summed E-state index contributed by atoms with van der Waals surface area (Å²) in [7, 11) is 0. The van der Waals surface area contributed by atoms with Crippen molar-refractivity contribution in [3.63, 3.8) is 0 Å². The molecular formula is C13H21NO. The van der Waals surface area contributed by atoms with Gasteiger partial charge in [-0.15, -0.1) is 0 Å². The standard InChI is InChI=1S/C13H21NO/c1-10-6-5-7-11(2)12(10)8-14-9-13(3,4)15/h5-7,14-15H,8-9H2,1-4H3. The normalized spacial score (nSPS) is 11.8. The van der Waals surface area contributed by atoms with Crippen molar-refractivity contribution in [2.75, 3.05) is 6.54 Å². The molecular weight excluding hydrogens is 186 g/mol. The zero-order valence-corrected chi connectivity index (χ0v) is 10.1. The van der Waals surface area contributed by atoms with E-state index >= 15 is 0 Å². The fourth-order valence-corrected chi connectivity index (χ4v) is 1.62. The second-order valence-corrected chi connectivity index (χ2v) is 4.79. The molecule has 0 heterocycles. The van der Waals surface area contributed by atoms with Crippen molar-refractivity contribution < 1.29 is 5.11 Å². The smallest absolute Gasteiger partial charge is 0.0715 e. The van der Waals surface area contributed by atoms with Crippen molar-refractivity contribution in [2.45, 2.75) is 39.8 Å². The highest BCUT2D eigenvalue weighted by Gasteiger charge is 2.11. The van der Waals surface area contributed by atoms with E-state index < -0.39 is 5.60 Å². The lowest BCUT2D eigenvalue weighted by Gasteiger charge is -2.19. The van der Waals surface area contributed by atoms with E-state index in [0.29, 0.717) is 6.54 Å². The lowest BCUT2D eigenvalue weighted by atomic mass is 10.0. The number of aryl methyl sites for hydroxylation is 2. The molecule has 0 saturated heterocycles. The zero-order chi connectivity index (χ0) is 11.5. The van der Waals surface area contributed by atoms with Gasteiger partial charge in [-0.1, -0.05) is 18.2 Å². The summed E-state index contributed by atoms with van der Waals surface area (Å²) in [6.07, 6.45) is 0. The molecule has 0 aromatic heterocycles. The van der Waals surface area contributed by atoms with Gasteiger partial charge in [0.1, 0.15) is 0 Å². The van der Waals surface area contributed by atoms with Gasteiger partial charge in [0.2, 0.25) is 0 Å². The summed E-state index contributed by atoms with van der Waals surface area (Å²) < 4.78 is 0. The molecule has 1 rings (SSSR count). The molecule has 0 aliphatic carbocycles. The van der Waals surface area contributed by atoms with Crippen molar-refractivity contribution in [3.8, 4) is 0 Å². The highest BCUT2D eigenvalue weighted by atomic mass is 16.3. The Morgan fingerprint density at radius 3 is 2.20 bits per heavy atom. The Kier molecular flexibility index (Phi) is 3.89. The largest absolute Gasteiger partial charge is 0.389 e. The van der Waals surface area contributed by atoms with E-state index in [4.69, 9.17) is 0 Å². The molecule has 0 aliphatic heterocycles. The highest BCUT2D eigenvalue weighted by Crippen LogP contribution is 2.12. The Morgan fingerprint density at radius 2 is 1.73 bits per heavy atom. The third kappa shape index (κ3) is 4.02. The van der Waals surface area contributed by atoms with Crippen LogP contribution in [0.1, 0.15) is 30.5 Å². The maximum absolute atomic E-state index is 9.57. The Balaban J connectivity index is 2.58. The molecule has 0 unspecified atom stereocenters. The Hall–Kier alpha value is -0.860. The number of benzene rings is 1. The molecule has 0 atom stereocenters. The summed E-state index contributed by atoms with van der Waals surface area (Å²) in [5.41, 5.74) is 3.30. The van der Waals surface area contributed by atoms with Gasteiger partial charge >= 0.3 is 0 Å². The van der Waals surface area contributed by atoms with E-state index in [1.165, 1.54) is 16.7 Å². The van der Waals surface area contributed by atoms with Crippen LogP contribution in [0.15, 0.2) is 18.2 Å². The molecule has 0 aliphatic rings. The second-order valence-electron chi connectivity index (χ2n) is 4.79. The van der Waals surface area contributed by atoms with E-state index in [2.05, 4.69) is 37.4 Å². The fourth-order valence-electron chi connectivity index (χ4n) is 1.62. The lowest BCUT2D eigenvalue weighted by Crippen LogP contribution is -2.34. The van der Waals surface area contributed by atoms with Crippen LogP contribution in [-0.2, 0) is 6.54 Å². The number of hydrogen-bond donors (Lipinski definition) is 2. The highest BCUT2D eigenvalue weighted by molar-refractivity contribution is 5.33. The molecule has 0 spiro atoms. The van der Waals surface area contributed by atoms with Crippen LogP contribution in [0.25, 0.3) is 0 Å². The molecule has 84 valence electrons. The van der Waals surface area contributed by atoms with Gasteiger partial charge in [-0.3, -0.25) is 0 Å². The van der Waals surface area contributed by atoms with Gasteiger partial charge < -0.3 is 10.4 Å². The average molecular weight is 207 g/mol. The average Bonchev–Trinajstić information content (AvgIpc) is 2.08. The van der Waals surface area contributed by atoms with Crippen molar-refractivity contribution >= 4 is 0 Å². The van der Waals surface area contributed by atoms with Crippen molar-refractivity contribution in [1.29, 1.82) is 0 Å². The first-order chi connectivity index (χ1) is 6.90. The molecule has 15 heavy (non-hydrogen) atoms. The lowest BCUT2D eigenvalue weighted by molar-refractivity contribution is 0.0795. The van der Waals surface area contributed by atoms with Crippen LogP contribution in [0, 0.1) is 13.8 Å². The van der Waals surface area contributed by atoms with E-state index in [1.54, 1.807) is 0 Å². The van der Waals surface area contributed by atoms with Crippen molar-refractivity contribution in [1.82, 2.24) is 5.32 Å². The quantitative estimate of drug-likeness (QED) is 0.793. The van der Waals surface area contributed by atoms with Gasteiger partial charge in [-0.25, -0.2) is 0 Å². The monoisotopic (exact) mass is 207 g/mol.